The summed E-state index contributed by atoms with van der Waals surface area (Å²) in [4.78, 5) is 6.71. The number of rotatable bonds is 5. The Kier molecular flexibility index (Phi) is 6.35. The Morgan fingerprint density at radius 2 is 2.16 bits per heavy atom. The second-order valence-electron chi connectivity index (χ2n) is 7.71. The van der Waals surface area contributed by atoms with Gasteiger partial charge in [0.05, 0.1) is 18.6 Å². The summed E-state index contributed by atoms with van der Waals surface area (Å²) in [6.07, 6.45) is 2.52. The van der Waals surface area contributed by atoms with E-state index in [4.69, 9.17) is 10.00 Å². The Morgan fingerprint density at radius 3 is 2.87 bits per heavy atom. The van der Waals surface area contributed by atoms with Crippen LogP contribution >= 0.6 is 11.3 Å². The van der Waals surface area contributed by atoms with Gasteiger partial charge >= 0.3 is 0 Å². The van der Waals surface area contributed by atoms with Gasteiger partial charge in [0, 0.05) is 10.8 Å². The predicted octanol–water partition coefficient (Wildman–Crippen LogP) is 3.66. The fourth-order valence-corrected chi connectivity index (χ4v) is 4.57. The zero-order valence-corrected chi connectivity index (χ0v) is 18.2. The maximum Gasteiger partial charge on any atom is 0.205 e. The third kappa shape index (κ3) is 4.63. The van der Waals surface area contributed by atoms with E-state index in [0.29, 0.717) is 30.9 Å². The molecule has 2 atom stereocenters. The van der Waals surface area contributed by atoms with Gasteiger partial charge < -0.3 is 15.0 Å². The average molecular weight is 438 g/mol. The number of fused-ring (bicyclic) bond motifs is 3. The number of nitriles is 1. The first-order valence-electron chi connectivity index (χ1n) is 10.0. The Bertz CT molecular complexity index is 1120. The summed E-state index contributed by atoms with van der Waals surface area (Å²) >= 11 is 1.65. The lowest BCUT2D eigenvalue weighted by Crippen LogP contribution is -2.47. The molecular formula is C23H24FN5OS. The molecule has 1 aromatic heterocycles. The molecule has 0 fully saturated rings. The van der Waals surface area contributed by atoms with Crippen LogP contribution in [0.3, 0.4) is 0 Å². The third-order valence-corrected chi connectivity index (χ3v) is 6.11. The number of aliphatic imine (C=N–C) groups is 1. The monoisotopic (exact) mass is 437 g/mol. The fraction of sp³-hybridized carbons (Fsp3) is 0.304. The van der Waals surface area contributed by atoms with E-state index in [1.807, 2.05) is 43.9 Å². The predicted molar refractivity (Wildman–Crippen MR) is 122 cm³/mol. The largest absolute Gasteiger partial charge is 0.490 e. The molecule has 1 aliphatic heterocycles. The second kappa shape index (κ2) is 9.33. The normalized spacial score (nSPS) is 17.0. The zero-order valence-electron chi connectivity index (χ0n) is 17.4. The molecule has 6 nitrogen and oxygen atoms in total. The zero-order chi connectivity index (χ0) is 21.8. The van der Waals surface area contributed by atoms with Gasteiger partial charge in [0.25, 0.3) is 0 Å². The van der Waals surface area contributed by atoms with Crippen LogP contribution in [-0.2, 0) is 6.42 Å². The maximum absolute atomic E-state index is 14.5. The quantitative estimate of drug-likeness (QED) is 0.276. The van der Waals surface area contributed by atoms with Gasteiger partial charge in [-0.1, -0.05) is 24.3 Å². The maximum atomic E-state index is 14.5. The number of thiophene rings is 1. The van der Waals surface area contributed by atoms with Gasteiger partial charge in [0.15, 0.2) is 6.19 Å². The summed E-state index contributed by atoms with van der Waals surface area (Å²) in [5.74, 6) is 0.863. The summed E-state index contributed by atoms with van der Waals surface area (Å²) in [5.41, 5.74) is 1.99. The van der Waals surface area contributed by atoms with E-state index < -0.39 is 0 Å². The second-order valence-corrected chi connectivity index (χ2v) is 8.49. The number of likely N-dealkylation sites (N-methyl/N-ethyl adjacent to an activating group) is 1. The number of halogens is 1. The molecule has 2 unspecified atom stereocenters. The Balaban J connectivity index is 1.51. The van der Waals surface area contributed by atoms with Crippen molar-refractivity contribution >= 4 is 28.1 Å². The molecule has 0 saturated carbocycles. The van der Waals surface area contributed by atoms with Crippen LogP contribution in [0.15, 0.2) is 52.2 Å². The van der Waals surface area contributed by atoms with Crippen LogP contribution in [0.4, 0.5) is 4.39 Å². The summed E-state index contributed by atoms with van der Waals surface area (Å²) in [6.45, 7) is 0.889. The highest BCUT2D eigenvalue weighted by atomic mass is 32.1. The molecule has 4 rings (SSSR count). The SMILES string of the molecule is CN(C)C(CN=C(NC#N)NC1COc2c(cc(F)c3ccccc23)C1)c1ccsc1. The van der Waals surface area contributed by atoms with Crippen LogP contribution in [0, 0.1) is 17.3 Å². The summed E-state index contributed by atoms with van der Waals surface area (Å²) in [6, 6.07) is 10.9. The highest BCUT2D eigenvalue weighted by molar-refractivity contribution is 7.08. The number of ether oxygens (including phenoxy) is 1. The minimum Gasteiger partial charge on any atom is -0.490 e. The van der Waals surface area contributed by atoms with Gasteiger partial charge in [-0.3, -0.25) is 10.3 Å². The van der Waals surface area contributed by atoms with E-state index in [-0.39, 0.29) is 17.9 Å². The first kappa shape index (κ1) is 21.1. The lowest BCUT2D eigenvalue weighted by Gasteiger charge is -2.28. The molecule has 160 valence electrons. The third-order valence-electron chi connectivity index (χ3n) is 5.41. The van der Waals surface area contributed by atoms with Crippen LogP contribution in [0.2, 0.25) is 0 Å². The van der Waals surface area contributed by atoms with Gasteiger partial charge in [-0.15, -0.1) is 0 Å². The van der Waals surface area contributed by atoms with Gasteiger partial charge in [0.1, 0.15) is 18.2 Å². The van der Waals surface area contributed by atoms with Crippen molar-refractivity contribution in [2.24, 2.45) is 4.99 Å². The van der Waals surface area contributed by atoms with E-state index in [2.05, 4.69) is 32.0 Å². The van der Waals surface area contributed by atoms with E-state index in [1.165, 1.54) is 5.56 Å². The Labute approximate surface area is 185 Å². The first-order chi connectivity index (χ1) is 15.1. The Hall–Kier alpha value is -3.15. The van der Waals surface area contributed by atoms with Crippen LogP contribution in [0.25, 0.3) is 10.8 Å². The van der Waals surface area contributed by atoms with Crippen molar-refractivity contribution < 1.29 is 9.13 Å². The van der Waals surface area contributed by atoms with Crippen LogP contribution in [0.1, 0.15) is 17.2 Å². The van der Waals surface area contributed by atoms with Gasteiger partial charge in [-0.25, -0.2) is 4.39 Å². The van der Waals surface area contributed by atoms with Gasteiger partial charge in [0.2, 0.25) is 5.96 Å². The van der Waals surface area contributed by atoms with Crippen molar-refractivity contribution in [2.75, 3.05) is 27.2 Å². The molecule has 2 aromatic carbocycles. The summed E-state index contributed by atoms with van der Waals surface area (Å²) in [5, 5.41) is 20.5. The van der Waals surface area contributed by atoms with Crippen molar-refractivity contribution in [3.05, 3.63) is 64.1 Å². The van der Waals surface area contributed by atoms with Crippen LogP contribution < -0.4 is 15.4 Å². The van der Waals surface area contributed by atoms with E-state index in [0.717, 1.165) is 16.7 Å². The topological polar surface area (TPSA) is 72.7 Å². The van der Waals surface area contributed by atoms with Crippen molar-refractivity contribution in [1.29, 1.82) is 5.26 Å². The molecule has 8 heteroatoms. The highest BCUT2D eigenvalue weighted by Crippen LogP contribution is 2.35. The average Bonchev–Trinajstić information content (AvgIpc) is 3.28. The van der Waals surface area contributed by atoms with Crippen LogP contribution in [0.5, 0.6) is 5.75 Å². The first-order valence-corrected chi connectivity index (χ1v) is 11.0. The fourth-order valence-electron chi connectivity index (χ4n) is 3.86. The molecule has 0 aliphatic carbocycles. The lowest BCUT2D eigenvalue weighted by atomic mass is 9.97. The lowest BCUT2D eigenvalue weighted by molar-refractivity contribution is 0.254. The molecule has 31 heavy (non-hydrogen) atoms. The number of benzene rings is 2. The number of guanidine groups is 1. The van der Waals surface area contributed by atoms with E-state index in [9.17, 15) is 4.39 Å². The Morgan fingerprint density at radius 1 is 1.35 bits per heavy atom. The van der Waals surface area contributed by atoms with E-state index >= 15 is 0 Å². The number of hydrogen-bond acceptors (Lipinski definition) is 5. The molecule has 0 saturated heterocycles. The van der Waals surface area contributed by atoms with Crippen molar-refractivity contribution in [3.8, 4) is 11.9 Å². The van der Waals surface area contributed by atoms with Crippen molar-refractivity contribution in [3.63, 3.8) is 0 Å². The summed E-state index contributed by atoms with van der Waals surface area (Å²) < 4.78 is 20.5. The molecule has 2 N–H and O–H groups in total. The van der Waals surface area contributed by atoms with E-state index in [1.54, 1.807) is 23.5 Å². The molecule has 1 aliphatic rings. The molecule has 2 heterocycles. The van der Waals surface area contributed by atoms with Crippen molar-refractivity contribution in [2.45, 2.75) is 18.5 Å². The minimum absolute atomic E-state index is 0.104. The molecule has 0 amide bonds. The smallest absolute Gasteiger partial charge is 0.205 e. The number of hydrogen-bond donors (Lipinski definition) is 2. The van der Waals surface area contributed by atoms with Crippen LogP contribution in [-0.4, -0.2) is 44.1 Å². The molecule has 0 radical (unpaired) electrons. The molecule has 3 aromatic rings. The highest BCUT2D eigenvalue weighted by Gasteiger charge is 2.24. The number of nitrogens with one attached hydrogen (secondary N) is 2. The molecule has 0 bridgehead atoms. The molecule has 0 spiro atoms. The number of nitrogens with zero attached hydrogens (tertiary/aromatic N) is 3. The minimum atomic E-state index is -0.257. The van der Waals surface area contributed by atoms with Gasteiger partial charge in [-0.05, 0) is 54.5 Å². The summed E-state index contributed by atoms with van der Waals surface area (Å²) in [7, 11) is 4.01. The molecular weight excluding hydrogens is 413 g/mol. The standard InChI is InChI=1S/C23H24FN5OS/c1-29(2)21(15-7-8-31-13-15)11-26-23(27-14-25)28-17-9-16-10-20(24)18-5-3-4-6-19(18)22(16)30-12-17/h3-8,10,13,17,21H,9,11-12H2,1-2H3,(H2,26,27,28). The van der Waals surface area contributed by atoms with Crippen molar-refractivity contribution in [1.82, 2.24) is 15.5 Å². The van der Waals surface area contributed by atoms with Gasteiger partial charge in [-0.2, -0.15) is 16.6 Å².